The first-order valence-corrected chi connectivity index (χ1v) is 6.23. The lowest BCUT2D eigenvalue weighted by molar-refractivity contribution is -0.123. The number of ether oxygens (including phenoxy) is 1. The van der Waals surface area contributed by atoms with Gasteiger partial charge in [-0.1, -0.05) is 11.6 Å². The number of benzene rings is 1. The van der Waals surface area contributed by atoms with Crippen molar-refractivity contribution in [2.24, 2.45) is 11.1 Å². The van der Waals surface area contributed by atoms with Crippen LogP contribution in [0, 0.1) is 5.41 Å². The SMILES string of the molecule is COc1ccc(N(C)C(=O)C2(CN)CC2)c(Cl)c1. The Balaban J connectivity index is 2.23. The Morgan fingerprint density at radius 1 is 1.56 bits per heavy atom. The first kappa shape index (κ1) is 13.2. The molecule has 0 saturated heterocycles. The summed E-state index contributed by atoms with van der Waals surface area (Å²) in [6.45, 7) is 0.393. The molecule has 1 fully saturated rings. The average Bonchev–Trinajstić information content (AvgIpc) is 3.18. The molecule has 0 aliphatic heterocycles. The highest BCUT2D eigenvalue weighted by Gasteiger charge is 2.50. The van der Waals surface area contributed by atoms with Crippen molar-refractivity contribution in [3.8, 4) is 5.75 Å². The molecule has 0 bridgehead atoms. The van der Waals surface area contributed by atoms with Crippen molar-refractivity contribution in [2.75, 3.05) is 25.6 Å². The predicted molar refractivity (Wildman–Crippen MR) is 72.1 cm³/mol. The third-order valence-electron chi connectivity index (χ3n) is 3.52. The van der Waals surface area contributed by atoms with Crippen molar-refractivity contribution in [3.05, 3.63) is 23.2 Å². The number of carbonyl (C=O) groups excluding carboxylic acids is 1. The summed E-state index contributed by atoms with van der Waals surface area (Å²) in [5, 5.41) is 0.498. The van der Waals surface area contributed by atoms with Crippen molar-refractivity contribution in [1.82, 2.24) is 0 Å². The Labute approximate surface area is 112 Å². The van der Waals surface area contributed by atoms with Gasteiger partial charge in [-0.25, -0.2) is 0 Å². The number of hydrogen-bond acceptors (Lipinski definition) is 3. The fraction of sp³-hybridized carbons (Fsp3) is 0.462. The van der Waals surface area contributed by atoms with Crippen LogP contribution >= 0.6 is 11.6 Å². The summed E-state index contributed by atoms with van der Waals surface area (Å²) in [5.74, 6) is 0.710. The van der Waals surface area contributed by atoms with Gasteiger partial charge in [-0.15, -0.1) is 0 Å². The zero-order chi connectivity index (χ0) is 13.3. The first-order valence-electron chi connectivity index (χ1n) is 5.86. The van der Waals surface area contributed by atoms with Crippen LogP contribution in [0.4, 0.5) is 5.69 Å². The Morgan fingerprint density at radius 2 is 2.22 bits per heavy atom. The van der Waals surface area contributed by atoms with E-state index in [0.29, 0.717) is 23.0 Å². The number of rotatable bonds is 4. The molecule has 1 aromatic carbocycles. The molecule has 98 valence electrons. The van der Waals surface area contributed by atoms with Crippen LogP contribution in [0.1, 0.15) is 12.8 Å². The van der Waals surface area contributed by atoms with Crippen molar-refractivity contribution in [3.63, 3.8) is 0 Å². The van der Waals surface area contributed by atoms with E-state index >= 15 is 0 Å². The highest BCUT2D eigenvalue weighted by molar-refractivity contribution is 6.34. The summed E-state index contributed by atoms with van der Waals surface area (Å²) in [5.41, 5.74) is 5.99. The molecule has 2 rings (SSSR count). The maximum absolute atomic E-state index is 12.3. The van der Waals surface area contributed by atoms with Gasteiger partial charge in [0.1, 0.15) is 5.75 Å². The van der Waals surface area contributed by atoms with Crippen LogP contribution in [0.5, 0.6) is 5.75 Å². The van der Waals surface area contributed by atoms with Crippen LogP contribution in [-0.2, 0) is 4.79 Å². The van der Waals surface area contributed by atoms with Gasteiger partial charge in [0, 0.05) is 19.7 Å². The first-order chi connectivity index (χ1) is 8.54. The lowest BCUT2D eigenvalue weighted by Gasteiger charge is -2.23. The fourth-order valence-corrected chi connectivity index (χ4v) is 2.31. The molecule has 5 heteroatoms. The van der Waals surface area contributed by atoms with Crippen LogP contribution in [0.3, 0.4) is 0 Å². The van der Waals surface area contributed by atoms with Crippen LogP contribution in [0.2, 0.25) is 5.02 Å². The minimum atomic E-state index is -0.363. The van der Waals surface area contributed by atoms with E-state index in [-0.39, 0.29) is 11.3 Å². The molecule has 1 aromatic rings. The van der Waals surface area contributed by atoms with E-state index in [1.54, 1.807) is 37.3 Å². The standard InChI is InChI=1S/C13H17ClN2O2/c1-16(12(17)13(8-15)5-6-13)11-4-3-9(18-2)7-10(11)14/h3-4,7H,5-6,8,15H2,1-2H3. The largest absolute Gasteiger partial charge is 0.497 e. The highest BCUT2D eigenvalue weighted by Crippen LogP contribution is 2.47. The van der Waals surface area contributed by atoms with E-state index in [0.717, 1.165) is 12.8 Å². The zero-order valence-corrected chi connectivity index (χ0v) is 11.3. The fourth-order valence-electron chi connectivity index (χ4n) is 2.01. The van der Waals surface area contributed by atoms with E-state index in [1.165, 1.54) is 0 Å². The van der Waals surface area contributed by atoms with Crippen LogP contribution in [-0.4, -0.2) is 26.6 Å². The third-order valence-corrected chi connectivity index (χ3v) is 3.82. The molecule has 1 saturated carbocycles. The quantitative estimate of drug-likeness (QED) is 0.909. The number of carbonyl (C=O) groups is 1. The predicted octanol–water partition coefficient (Wildman–Crippen LogP) is 2.05. The van der Waals surface area contributed by atoms with E-state index in [1.807, 2.05) is 0 Å². The van der Waals surface area contributed by atoms with Gasteiger partial charge in [0.2, 0.25) is 5.91 Å². The molecule has 0 unspecified atom stereocenters. The molecule has 0 radical (unpaired) electrons. The van der Waals surface area contributed by atoms with E-state index < -0.39 is 0 Å². The molecule has 1 aliphatic carbocycles. The summed E-state index contributed by atoms with van der Waals surface area (Å²) < 4.78 is 5.08. The van der Waals surface area contributed by atoms with E-state index in [4.69, 9.17) is 22.1 Å². The van der Waals surface area contributed by atoms with Gasteiger partial charge in [-0.2, -0.15) is 0 Å². The number of amides is 1. The minimum Gasteiger partial charge on any atom is -0.497 e. The van der Waals surface area contributed by atoms with Gasteiger partial charge < -0.3 is 15.4 Å². The summed E-state index contributed by atoms with van der Waals surface area (Å²) in [6, 6.07) is 5.27. The Kier molecular flexibility index (Phi) is 3.50. The molecule has 18 heavy (non-hydrogen) atoms. The second kappa shape index (κ2) is 4.78. The Morgan fingerprint density at radius 3 is 2.67 bits per heavy atom. The second-order valence-electron chi connectivity index (χ2n) is 4.67. The van der Waals surface area contributed by atoms with Crippen LogP contribution in [0.15, 0.2) is 18.2 Å². The molecule has 0 atom stereocenters. The third kappa shape index (κ3) is 2.18. The number of methoxy groups -OCH3 is 1. The molecule has 4 nitrogen and oxygen atoms in total. The van der Waals surface area contributed by atoms with Crippen molar-refractivity contribution >= 4 is 23.2 Å². The summed E-state index contributed by atoms with van der Waals surface area (Å²) in [6.07, 6.45) is 1.72. The number of hydrogen-bond donors (Lipinski definition) is 1. The topological polar surface area (TPSA) is 55.6 Å². The number of anilines is 1. The van der Waals surface area contributed by atoms with Gasteiger partial charge in [0.05, 0.1) is 23.2 Å². The number of halogens is 1. The highest BCUT2D eigenvalue weighted by atomic mass is 35.5. The lowest BCUT2D eigenvalue weighted by atomic mass is 10.1. The van der Waals surface area contributed by atoms with Gasteiger partial charge in [0.15, 0.2) is 0 Å². The summed E-state index contributed by atoms with van der Waals surface area (Å²) in [4.78, 5) is 13.9. The number of nitrogens with zero attached hydrogens (tertiary/aromatic N) is 1. The van der Waals surface area contributed by atoms with E-state index in [9.17, 15) is 4.79 Å². The summed E-state index contributed by atoms with van der Waals surface area (Å²) >= 11 is 6.16. The molecule has 1 amide bonds. The molecule has 0 heterocycles. The maximum atomic E-state index is 12.3. The molecule has 1 aliphatic rings. The molecule has 2 N–H and O–H groups in total. The zero-order valence-electron chi connectivity index (χ0n) is 10.6. The molecular weight excluding hydrogens is 252 g/mol. The second-order valence-corrected chi connectivity index (χ2v) is 5.07. The summed E-state index contributed by atoms with van der Waals surface area (Å²) in [7, 11) is 3.31. The molecule has 0 spiro atoms. The van der Waals surface area contributed by atoms with Gasteiger partial charge in [-0.05, 0) is 25.0 Å². The smallest absolute Gasteiger partial charge is 0.234 e. The Hall–Kier alpha value is -1.26. The van der Waals surface area contributed by atoms with Crippen LogP contribution in [0.25, 0.3) is 0 Å². The van der Waals surface area contributed by atoms with Gasteiger partial charge in [-0.3, -0.25) is 4.79 Å². The Bertz CT molecular complexity index is 472. The monoisotopic (exact) mass is 268 g/mol. The van der Waals surface area contributed by atoms with Gasteiger partial charge in [0.25, 0.3) is 0 Å². The van der Waals surface area contributed by atoms with E-state index in [2.05, 4.69) is 0 Å². The number of nitrogens with two attached hydrogens (primary N) is 1. The normalized spacial score (nSPS) is 16.2. The molecule has 0 aromatic heterocycles. The van der Waals surface area contributed by atoms with Crippen LogP contribution < -0.4 is 15.4 Å². The van der Waals surface area contributed by atoms with Crippen molar-refractivity contribution < 1.29 is 9.53 Å². The van der Waals surface area contributed by atoms with Gasteiger partial charge >= 0.3 is 0 Å². The lowest BCUT2D eigenvalue weighted by Crippen LogP contribution is -2.38. The van der Waals surface area contributed by atoms with Crippen molar-refractivity contribution in [2.45, 2.75) is 12.8 Å². The maximum Gasteiger partial charge on any atom is 0.234 e. The minimum absolute atomic E-state index is 0.0390. The molecular formula is C13H17ClN2O2. The van der Waals surface area contributed by atoms with Crippen molar-refractivity contribution in [1.29, 1.82) is 0 Å². The average molecular weight is 269 g/mol.